The average Bonchev–Trinajstić information content (AvgIpc) is 2.67. The van der Waals surface area contributed by atoms with Gasteiger partial charge >= 0.3 is 5.97 Å². The number of nitrogens with one attached hydrogen (secondary N) is 1. The fraction of sp³-hybridized carbons (Fsp3) is 0.875. The van der Waals surface area contributed by atoms with Crippen molar-refractivity contribution in [3.63, 3.8) is 0 Å². The molecule has 0 radical (unpaired) electrons. The highest BCUT2D eigenvalue weighted by Crippen LogP contribution is 2.12. The van der Waals surface area contributed by atoms with E-state index in [0.717, 1.165) is 12.8 Å². The van der Waals surface area contributed by atoms with Crippen LogP contribution in [0.3, 0.4) is 0 Å². The molecule has 0 aromatic heterocycles. The highest BCUT2D eigenvalue weighted by Gasteiger charge is 2.29. The first-order valence-corrected chi connectivity index (χ1v) is 6.41. The summed E-state index contributed by atoms with van der Waals surface area (Å²) in [4.78, 5) is 10.7. The second-order valence-corrected chi connectivity index (χ2v) is 5.23. The normalized spacial score (nSPS) is 20.3. The summed E-state index contributed by atoms with van der Waals surface area (Å²) < 4.78 is 26.8. The summed E-state index contributed by atoms with van der Waals surface area (Å²) in [5.74, 6) is -1.14. The molecule has 0 aliphatic carbocycles. The van der Waals surface area contributed by atoms with Crippen molar-refractivity contribution in [3.05, 3.63) is 0 Å². The third-order valence-corrected chi connectivity index (χ3v) is 4.03. The van der Waals surface area contributed by atoms with Gasteiger partial charge in [-0.25, -0.2) is 0 Å². The smallest absolute Gasteiger partial charge is 0.321 e. The van der Waals surface area contributed by atoms with Crippen LogP contribution in [0.15, 0.2) is 0 Å². The van der Waals surface area contributed by atoms with Crippen molar-refractivity contribution < 1.29 is 18.3 Å². The summed E-state index contributed by atoms with van der Waals surface area (Å²) in [7, 11) is -3.61. The molecule has 1 aliphatic rings. The van der Waals surface area contributed by atoms with E-state index in [2.05, 4.69) is 4.72 Å². The van der Waals surface area contributed by atoms with Gasteiger partial charge in [-0.3, -0.25) is 4.79 Å². The zero-order chi connectivity index (χ0) is 11.5. The maximum absolute atomic E-state index is 11.7. The van der Waals surface area contributed by atoms with E-state index in [9.17, 15) is 13.2 Å². The lowest BCUT2D eigenvalue weighted by atomic mass is 10.2. The Kier molecular flexibility index (Phi) is 4.06. The third kappa shape index (κ3) is 3.15. The van der Waals surface area contributed by atoms with Gasteiger partial charge in [0.2, 0.25) is 0 Å². The minimum atomic E-state index is -3.61. The zero-order valence-corrected chi connectivity index (χ0v) is 9.46. The summed E-state index contributed by atoms with van der Waals surface area (Å²) in [6.45, 7) is 2.59. The van der Waals surface area contributed by atoms with Crippen molar-refractivity contribution in [2.24, 2.45) is 0 Å². The molecule has 1 heterocycles. The standard InChI is InChI=1S/C8H16N2O4S/c1-2-7(8(11)12)9-15(13,14)10-5-3-4-6-10/h7,9H,2-6H2,1H3,(H,11,12)/t7-/m0/s1. The van der Waals surface area contributed by atoms with Crippen molar-refractivity contribution in [1.82, 2.24) is 9.03 Å². The lowest BCUT2D eigenvalue weighted by Crippen LogP contribution is -2.47. The second-order valence-electron chi connectivity index (χ2n) is 3.53. The lowest BCUT2D eigenvalue weighted by molar-refractivity contribution is -0.139. The molecule has 0 unspecified atom stereocenters. The maximum Gasteiger partial charge on any atom is 0.321 e. The minimum Gasteiger partial charge on any atom is -0.480 e. The lowest BCUT2D eigenvalue weighted by Gasteiger charge is -2.19. The molecule has 2 N–H and O–H groups in total. The molecule has 7 heteroatoms. The Balaban J connectivity index is 2.65. The van der Waals surface area contributed by atoms with Crippen molar-refractivity contribution in [1.29, 1.82) is 0 Å². The number of hydrogen-bond acceptors (Lipinski definition) is 3. The molecule has 0 bridgehead atoms. The van der Waals surface area contributed by atoms with E-state index >= 15 is 0 Å². The van der Waals surface area contributed by atoms with Crippen molar-refractivity contribution in [3.8, 4) is 0 Å². The molecule has 0 aromatic carbocycles. The predicted octanol–water partition coefficient (Wildman–Crippen LogP) is -0.220. The largest absolute Gasteiger partial charge is 0.480 e. The van der Waals surface area contributed by atoms with E-state index in [4.69, 9.17) is 5.11 Å². The number of hydrogen-bond donors (Lipinski definition) is 2. The molecule has 0 aromatic rings. The van der Waals surface area contributed by atoms with Gasteiger partial charge in [0.15, 0.2) is 0 Å². The van der Waals surface area contributed by atoms with Crippen LogP contribution in [-0.4, -0.2) is 42.9 Å². The topological polar surface area (TPSA) is 86.7 Å². The highest BCUT2D eigenvalue weighted by molar-refractivity contribution is 7.87. The van der Waals surface area contributed by atoms with Gasteiger partial charge in [0.1, 0.15) is 6.04 Å². The molecule has 0 saturated carbocycles. The fourth-order valence-corrected chi connectivity index (χ4v) is 3.01. The predicted molar refractivity (Wildman–Crippen MR) is 54.6 cm³/mol. The first-order chi connectivity index (χ1) is 6.97. The quantitative estimate of drug-likeness (QED) is 0.691. The molecule has 0 spiro atoms. The Morgan fingerprint density at radius 3 is 2.40 bits per heavy atom. The SMILES string of the molecule is CC[C@H](NS(=O)(=O)N1CCCC1)C(=O)O. The molecule has 0 amide bonds. The molecule has 1 aliphatic heterocycles. The number of carboxylic acid groups (broad SMARTS) is 1. The van der Waals surface area contributed by atoms with Crippen LogP contribution in [0.1, 0.15) is 26.2 Å². The number of aliphatic carboxylic acids is 1. The third-order valence-electron chi connectivity index (χ3n) is 2.40. The molecule has 1 rings (SSSR count). The van der Waals surface area contributed by atoms with E-state index < -0.39 is 22.2 Å². The molecule has 88 valence electrons. The van der Waals surface area contributed by atoms with Crippen molar-refractivity contribution >= 4 is 16.2 Å². The molecule has 1 saturated heterocycles. The zero-order valence-electron chi connectivity index (χ0n) is 8.64. The molecule has 1 fully saturated rings. The van der Waals surface area contributed by atoms with E-state index in [1.165, 1.54) is 4.31 Å². The van der Waals surface area contributed by atoms with Crippen molar-refractivity contribution in [2.45, 2.75) is 32.2 Å². The van der Waals surface area contributed by atoms with Crippen LogP contribution in [0.5, 0.6) is 0 Å². The number of carboxylic acids is 1. The van der Waals surface area contributed by atoms with Gasteiger partial charge in [0.25, 0.3) is 10.2 Å². The molecule has 1 atom stereocenters. The number of rotatable bonds is 5. The monoisotopic (exact) mass is 236 g/mol. The fourth-order valence-electron chi connectivity index (χ4n) is 1.49. The van der Waals surface area contributed by atoms with Crippen LogP contribution >= 0.6 is 0 Å². The van der Waals surface area contributed by atoms with Crippen LogP contribution in [0.4, 0.5) is 0 Å². The summed E-state index contributed by atoms with van der Waals surface area (Å²) in [5.41, 5.74) is 0. The Morgan fingerprint density at radius 1 is 1.47 bits per heavy atom. The first kappa shape index (κ1) is 12.4. The average molecular weight is 236 g/mol. The van der Waals surface area contributed by atoms with Gasteiger partial charge in [-0.1, -0.05) is 6.92 Å². The van der Waals surface area contributed by atoms with Crippen LogP contribution in [0.2, 0.25) is 0 Å². The van der Waals surface area contributed by atoms with Gasteiger partial charge in [-0.05, 0) is 19.3 Å². The second kappa shape index (κ2) is 4.91. The summed E-state index contributed by atoms with van der Waals surface area (Å²) >= 11 is 0. The van der Waals surface area contributed by atoms with Gasteiger partial charge in [-0.2, -0.15) is 17.4 Å². The summed E-state index contributed by atoms with van der Waals surface area (Å²) in [5, 5.41) is 8.73. The number of carbonyl (C=O) groups is 1. The van der Waals surface area contributed by atoms with Gasteiger partial charge in [-0.15, -0.1) is 0 Å². The Morgan fingerprint density at radius 2 is 2.00 bits per heavy atom. The summed E-state index contributed by atoms with van der Waals surface area (Å²) in [6.07, 6.45) is 1.91. The molecular weight excluding hydrogens is 220 g/mol. The first-order valence-electron chi connectivity index (χ1n) is 4.97. The Hall–Kier alpha value is -0.660. The summed E-state index contributed by atoms with van der Waals surface area (Å²) in [6, 6.07) is -1.03. The van der Waals surface area contributed by atoms with Crippen molar-refractivity contribution in [2.75, 3.05) is 13.1 Å². The van der Waals surface area contributed by atoms with Gasteiger partial charge < -0.3 is 5.11 Å². The Bertz CT molecular complexity index is 322. The van der Waals surface area contributed by atoms with E-state index in [1.54, 1.807) is 6.92 Å². The van der Waals surface area contributed by atoms with Crippen LogP contribution in [0, 0.1) is 0 Å². The van der Waals surface area contributed by atoms with Gasteiger partial charge in [0.05, 0.1) is 0 Å². The van der Waals surface area contributed by atoms with E-state index in [1.807, 2.05) is 0 Å². The minimum absolute atomic E-state index is 0.238. The number of nitrogens with zero attached hydrogens (tertiary/aromatic N) is 1. The van der Waals surface area contributed by atoms with Crippen LogP contribution < -0.4 is 4.72 Å². The maximum atomic E-state index is 11.7. The van der Waals surface area contributed by atoms with E-state index in [0.29, 0.717) is 13.1 Å². The molecule has 6 nitrogen and oxygen atoms in total. The molecular formula is C8H16N2O4S. The molecule has 15 heavy (non-hydrogen) atoms. The van der Waals surface area contributed by atoms with Crippen LogP contribution in [0.25, 0.3) is 0 Å². The van der Waals surface area contributed by atoms with Gasteiger partial charge in [0, 0.05) is 13.1 Å². The van der Waals surface area contributed by atoms with E-state index in [-0.39, 0.29) is 6.42 Å². The highest BCUT2D eigenvalue weighted by atomic mass is 32.2. The Labute approximate surface area is 89.4 Å². The van der Waals surface area contributed by atoms with Crippen LogP contribution in [-0.2, 0) is 15.0 Å².